The molecule has 1 aromatic carbocycles. The van der Waals surface area contributed by atoms with E-state index in [1.54, 1.807) is 25.1 Å². The maximum atomic E-state index is 13.3. The number of rotatable bonds is 6. The highest BCUT2D eigenvalue weighted by Gasteiger charge is 2.51. The first-order valence-corrected chi connectivity index (χ1v) is 11.6. The molecule has 3 fully saturated rings. The Hall–Kier alpha value is -2.96. The van der Waals surface area contributed by atoms with Crippen LogP contribution in [0.3, 0.4) is 0 Å². The number of carbonyl (C=O) groups is 3. The molecule has 0 aliphatic carbocycles. The van der Waals surface area contributed by atoms with Gasteiger partial charge in [0.2, 0.25) is 11.8 Å². The molecule has 3 saturated heterocycles. The Morgan fingerprint density at radius 1 is 1.33 bits per heavy atom. The SMILES string of the molecule is CC(c1cccc(C(=O)N(C)C)c1)N1C(=O)C2C[C@H]1CN2CC(N)C(=O)N1CCCC1C#N. The summed E-state index contributed by atoms with van der Waals surface area (Å²) in [5.41, 5.74) is 7.75. The highest BCUT2D eigenvalue weighted by Crippen LogP contribution is 2.38. The molecule has 4 unspecified atom stereocenters. The van der Waals surface area contributed by atoms with Crippen molar-refractivity contribution in [2.75, 3.05) is 33.7 Å². The molecule has 176 valence electrons. The van der Waals surface area contributed by atoms with Gasteiger partial charge in [0.05, 0.1) is 24.2 Å². The van der Waals surface area contributed by atoms with Gasteiger partial charge in [-0.2, -0.15) is 5.26 Å². The third-order valence-corrected chi connectivity index (χ3v) is 7.19. The minimum absolute atomic E-state index is 0.0406. The molecule has 0 aromatic heterocycles. The first-order chi connectivity index (χ1) is 15.7. The van der Waals surface area contributed by atoms with Gasteiger partial charge in [0.25, 0.3) is 5.91 Å². The molecule has 3 heterocycles. The van der Waals surface area contributed by atoms with E-state index in [-0.39, 0.29) is 35.8 Å². The van der Waals surface area contributed by atoms with Crippen LogP contribution in [0.2, 0.25) is 0 Å². The van der Waals surface area contributed by atoms with E-state index in [0.717, 1.165) is 12.0 Å². The van der Waals surface area contributed by atoms with Gasteiger partial charge in [0, 0.05) is 45.3 Å². The fourth-order valence-electron chi connectivity index (χ4n) is 5.46. The number of carbonyl (C=O) groups excluding carboxylic acids is 3. The van der Waals surface area contributed by atoms with Crippen LogP contribution in [0.5, 0.6) is 0 Å². The average molecular weight is 453 g/mol. The molecule has 1 aromatic rings. The average Bonchev–Trinajstić information content (AvgIpc) is 3.52. The van der Waals surface area contributed by atoms with Gasteiger partial charge in [-0.3, -0.25) is 19.3 Å². The third kappa shape index (κ3) is 4.21. The lowest BCUT2D eigenvalue weighted by atomic mass is 10.0. The lowest BCUT2D eigenvalue weighted by Gasteiger charge is -2.38. The van der Waals surface area contributed by atoms with E-state index in [4.69, 9.17) is 5.73 Å². The Balaban J connectivity index is 1.41. The number of hydrogen-bond acceptors (Lipinski definition) is 6. The normalized spacial score (nSPS) is 26.4. The number of likely N-dealkylation sites (tertiary alicyclic amines) is 3. The molecule has 2 N–H and O–H groups in total. The maximum Gasteiger partial charge on any atom is 0.253 e. The van der Waals surface area contributed by atoms with Crippen molar-refractivity contribution >= 4 is 17.7 Å². The van der Waals surface area contributed by atoms with Crippen LogP contribution in [-0.4, -0.2) is 95.2 Å². The number of hydrogen-bond donors (Lipinski definition) is 1. The van der Waals surface area contributed by atoms with Crippen LogP contribution >= 0.6 is 0 Å². The summed E-state index contributed by atoms with van der Waals surface area (Å²) in [7, 11) is 3.44. The van der Waals surface area contributed by atoms with Crippen LogP contribution in [0.4, 0.5) is 0 Å². The molecule has 4 rings (SSSR count). The quantitative estimate of drug-likeness (QED) is 0.675. The summed E-state index contributed by atoms with van der Waals surface area (Å²) >= 11 is 0. The Bertz CT molecular complexity index is 989. The maximum absolute atomic E-state index is 13.3. The largest absolute Gasteiger partial charge is 0.345 e. The molecule has 5 atom stereocenters. The van der Waals surface area contributed by atoms with Gasteiger partial charge in [0.1, 0.15) is 6.04 Å². The van der Waals surface area contributed by atoms with E-state index in [9.17, 15) is 19.6 Å². The van der Waals surface area contributed by atoms with Crippen molar-refractivity contribution in [3.8, 4) is 6.07 Å². The number of nitrogens with zero attached hydrogens (tertiary/aromatic N) is 5. The van der Waals surface area contributed by atoms with Gasteiger partial charge < -0.3 is 20.4 Å². The molecule has 33 heavy (non-hydrogen) atoms. The topological polar surface area (TPSA) is 114 Å². The molecule has 9 heteroatoms. The minimum Gasteiger partial charge on any atom is -0.345 e. The Morgan fingerprint density at radius 2 is 2.09 bits per heavy atom. The number of nitrogens with two attached hydrogens (primary N) is 1. The van der Waals surface area contributed by atoms with Crippen LogP contribution in [0, 0.1) is 11.3 Å². The molecule has 2 bridgehead atoms. The van der Waals surface area contributed by atoms with Crippen LogP contribution in [0.25, 0.3) is 0 Å². The van der Waals surface area contributed by atoms with E-state index >= 15 is 0 Å². The van der Waals surface area contributed by atoms with Crippen molar-refractivity contribution < 1.29 is 14.4 Å². The predicted molar refractivity (Wildman–Crippen MR) is 122 cm³/mol. The van der Waals surface area contributed by atoms with Crippen molar-refractivity contribution in [2.24, 2.45) is 5.73 Å². The highest BCUT2D eigenvalue weighted by atomic mass is 16.2. The van der Waals surface area contributed by atoms with Crippen molar-refractivity contribution in [3.63, 3.8) is 0 Å². The van der Waals surface area contributed by atoms with Gasteiger partial charge in [0.15, 0.2) is 0 Å². The number of piperazine rings is 1. The van der Waals surface area contributed by atoms with Gasteiger partial charge in [-0.15, -0.1) is 0 Å². The number of benzene rings is 1. The zero-order valence-corrected chi connectivity index (χ0v) is 19.5. The van der Waals surface area contributed by atoms with E-state index in [1.165, 1.54) is 4.90 Å². The summed E-state index contributed by atoms with van der Waals surface area (Å²) in [5.74, 6) is -0.236. The van der Waals surface area contributed by atoms with Crippen LogP contribution in [0.15, 0.2) is 24.3 Å². The molecule has 9 nitrogen and oxygen atoms in total. The first-order valence-electron chi connectivity index (χ1n) is 11.6. The van der Waals surface area contributed by atoms with Gasteiger partial charge in [-0.25, -0.2) is 0 Å². The number of fused-ring (bicyclic) bond motifs is 2. The van der Waals surface area contributed by atoms with Crippen molar-refractivity contribution in [1.29, 1.82) is 5.26 Å². The summed E-state index contributed by atoms with van der Waals surface area (Å²) in [4.78, 5) is 45.4. The van der Waals surface area contributed by atoms with E-state index in [0.29, 0.717) is 38.0 Å². The van der Waals surface area contributed by atoms with Crippen molar-refractivity contribution in [1.82, 2.24) is 19.6 Å². The number of amides is 3. The fraction of sp³-hybridized carbons (Fsp3) is 0.583. The predicted octanol–water partition coefficient (Wildman–Crippen LogP) is 0.576. The lowest BCUT2D eigenvalue weighted by Crippen LogP contribution is -2.56. The van der Waals surface area contributed by atoms with Crippen molar-refractivity contribution in [2.45, 2.75) is 56.4 Å². The first kappa shape index (κ1) is 23.2. The zero-order chi connectivity index (χ0) is 23.9. The third-order valence-electron chi connectivity index (χ3n) is 7.19. The summed E-state index contributed by atoms with van der Waals surface area (Å²) < 4.78 is 0. The molecule has 0 saturated carbocycles. The highest BCUT2D eigenvalue weighted by molar-refractivity contribution is 5.94. The molecule has 3 aliphatic rings. The fourth-order valence-corrected chi connectivity index (χ4v) is 5.46. The molecule has 0 spiro atoms. The van der Waals surface area contributed by atoms with Gasteiger partial charge >= 0.3 is 0 Å². The summed E-state index contributed by atoms with van der Waals surface area (Å²) in [6.45, 7) is 3.54. The molecule has 3 amide bonds. The smallest absolute Gasteiger partial charge is 0.253 e. The van der Waals surface area contributed by atoms with Crippen LogP contribution in [-0.2, 0) is 9.59 Å². The van der Waals surface area contributed by atoms with E-state index < -0.39 is 12.1 Å². The standard InChI is InChI=1S/C24H32N6O3/c1-15(16-6-4-7-17(10-16)22(31)27(2)3)30-19-11-21(24(30)33)28(13-19)14-20(26)23(32)29-9-5-8-18(29)12-25/h4,6-7,10,15,18-21H,5,8-9,11,13-14,26H2,1-3H3/t15?,18?,19-,20?,21?/m0/s1. The van der Waals surface area contributed by atoms with Gasteiger partial charge in [-0.05, 0) is 43.9 Å². The van der Waals surface area contributed by atoms with Crippen LogP contribution < -0.4 is 5.73 Å². The molecular weight excluding hydrogens is 420 g/mol. The molecule has 3 aliphatic heterocycles. The second-order valence-corrected chi connectivity index (χ2v) is 9.53. The summed E-state index contributed by atoms with van der Waals surface area (Å²) in [5, 5.41) is 9.26. The molecule has 0 radical (unpaired) electrons. The Kier molecular flexibility index (Phi) is 6.41. The Morgan fingerprint density at radius 3 is 2.76 bits per heavy atom. The monoisotopic (exact) mass is 452 g/mol. The second-order valence-electron chi connectivity index (χ2n) is 9.53. The van der Waals surface area contributed by atoms with Gasteiger partial charge in [-0.1, -0.05) is 12.1 Å². The summed E-state index contributed by atoms with van der Waals surface area (Å²) in [6.07, 6.45) is 2.22. The van der Waals surface area contributed by atoms with Crippen LogP contribution in [0.1, 0.15) is 48.1 Å². The van der Waals surface area contributed by atoms with Crippen molar-refractivity contribution in [3.05, 3.63) is 35.4 Å². The second kappa shape index (κ2) is 9.12. The molecular formula is C24H32N6O3. The lowest BCUT2D eigenvalue weighted by molar-refractivity contribution is -0.140. The number of nitriles is 1. The Labute approximate surface area is 194 Å². The minimum atomic E-state index is -0.745. The summed E-state index contributed by atoms with van der Waals surface area (Å²) in [6, 6.07) is 8.10. The zero-order valence-electron chi connectivity index (χ0n) is 19.5. The van der Waals surface area contributed by atoms with E-state index in [2.05, 4.69) is 6.07 Å². The van der Waals surface area contributed by atoms with E-state index in [1.807, 2.05) is 34.9 Å².